The molecule has 2 aliphatic carbocycles. The highest BCUT2D eigenvalue weighted by molar-refractivity contribution is 6.05. The third kappa shape index (κ3) is 3.81. The van der Waals surface area contributed by atoms with Crippen LogP contribution in [0.3, 0.4) is 0 Å². The van der Waals surface area contributed by atoms with Crippen LogP contribution >= 0.6 is 0 Å². The van der Waals surface area contributed by atoms with Gasteiger partial charge in [-0.25, -0.2) is 23.7 Å². The molecule has 0 spiro atoms. The number of rotatable bonds is 4. The monoisotopic (exact) mass is 399 g/mol. The Balaban J connectivity index is 1.46. The fourth-order valence-corrected chi connectivity index (χ4v) is 4.23. The molecule has 8 heteroatoms. The molecule has 1 aliphatic heterocycles. The van der Waals surface area contributed by atoms with E-state index in [2.05, 4.69) is 20.6 Å². The summed E-state index contributed by atoms with van der Waals surface area (Å²) in [5.74, 6) is 0.0110. The predicted molar refractivity (Wildman–Crippen MR) is 106 cm³/mol. The van der Waals surface area contributed by atoms with E-state index >= 15 is 0 Å². The quantitative estimate of drug-likeness (QED) is 0.721. The van der Waals surface area contributed by atoms with Gasteiger partial charge >= 0.3 is 0 Å². The highest BCUT2D eigenvalue weighted by Crippen LogP contribution is 2.44. The smallest absolute Gasteiger partial charge is 0.223 e. The summed E-state index contributed by atoms with van der Waals surface area (Å²) in [6.07, 6.45) is 6.82. The van der Waals surface area contributed by atoms with E-state index < -0.39 is 11.6 Å². The summed E-state index contributed by atoms with van der Waals surface area (Å²) in [6.45, 7) is 0. The van der Waals surface area contributed by atoms with Crippen molar-refractivity contribution >= 4 is 23.2 Å². The number of nitrogens with one attached hydrogen (secondary N) is 2. The Bertz CT molecular complexity index is 954. The summed E-state index contributed by atoms with van der Waals surface area (Å²) in [4.78, 5) is 13.8. The maximum absolute atomic E-state index is 14.2. The summed E-state index contributed by atoms with van der Waals surface area (Å²) in [5, 5.41) is 16.3. The molecule has 0 bridgehead atoms. The summed E-state index contributed by atoms with van der Waals surface area (Å²) in [7, 11) is 0. The van der Waals surface area contributed by atoms with Gasteiger partial charge in [0, 0.05) is 12.1 Å². The zero-order valence-electron chi connectivity index (χ0n) is 15.9. The van der Waals surface area contributed by atoms with E-state index in [4.69, 9.17) is 4.98 Å². The van der Waals surface area contributed by atoms with Crippen LogP contribution in [-0.4, -0.2) is 33.1 Å². The molecule has 0 amide bonds. The molecule has 2 heterocycles. The topological polar surface area (TPSA) is 82.4 Å². The molecule has 5 rings (SSSR count). The molecule has 2 fully saturated rings. The maximum Gasteiger partial charge on any atom is 0.223 e. The van der Waals surface area contributed by atoms with Crippen molar-refractivity contribution in [1.82, 2.24) is 9.97 Å². The van der Waals surface area contributed by atoms with E-state index in [0.717, 1.165) is 50.3 Å². The summed E-state index contributed by atoms with van der Waals surface area (Å²) in [5.41, 5.74) is 1.69. The average molecular weight is 399 g/mol. The van der Waals surface area contributed by atoms with Crippen molar-refractivity contribution in [2.45, 2.75) is 56.6 Å². The summed E-state index contributed by atoms with van der Waals surface area (Å²) < 4.78 is 27.5. The number of aromatic nitrogens is 2. The van der Waals surface area contributed by atoms with Crippen molar-refractivity contribution in [2.75, 3.05) is 10.6 Å². The molecule has 1 atom stereocenters. The number of fused-ring (bicyclic) bond motifs is 1. The fraction of sp³-hybridized carbons (Fsp3) is 0.476. The third-order valence-corrected chi connectivity index (χ3v) is 5.95. The Morgan fingerprint density at radius 1 is 1.03 bits per heavy atom. The minimum absolute atomic E-state index is 0.135. The van der Waals surface area contributed by atoms with Crippen LogP contribution in [0.4, 0.5) is 26.1 Å². The number of halogens is 2. The lowest BCUT2D eigenvalue weighted by molar-refractivity contribution is 0.106. The number of aliphatic imine (C=N–C) groups is 1. The number of hydrogen-bond donors (Lipinski definition) is 3. The van der Waals surface area contributed by atoms with Gasteiger partial charge in [-0.2, -0.15) is 0 Å². The number of benzene rings is 1. The Labute approximate surface area is 167 Å². The lowest BCUT2D eigenvalue weighted by Gasteiger charge is -2.31. The number of aliphatic hydroxyl groups excluding tert-OH is 1. The van der Waals surface area contributed by atoms with Crippen molar-refractivity contribution in [3.8, 4) is 0 Å². The van der Waals surface area contributed by atoms with E-state index in [1.54, 1.807) is 6.20 Å². The summed E-state index contributed by atoms with van der Waals surface area (Å²) in [6, 6.07) is 3.89. The molecule has 2 saturated carbocycles. The van der Waals surface area contributed by atoms with Gasteiger partial charge in [-0.1, -0.05) is 0 Å². The van der Waals surface area contributed by atoms with Gasteiger partial charge in [0.15, 0.2) is 0 Å². The molecule has 152 valence electrons. The van der Waals surface area contributed by atoms with Crippen LogP contribution in [0.15, 0.2) is 29.4 Å². The van der Waals surface area contributed by atoms with Gasteiger partial charge in [0.25, 0.3) is 0 Å². The van der Waals surface area contributed by atoms with E-state index in [9.17, 15) is 13.9 Å². The second kappa shape index (κ2) is 7.33. The minimum Gasteiger partial charge on any atom is -0.393 e. The first-order chi connectivity index (χ1) is 14.1. The average Bonchev–Trinajstić information content (AvgIpc) is 3.44. The van der Waals surface area contributed by atoms with E-state index in [-0.39, 0.29) is 23.6 Å². The summed E-state index contributed by atoms with van der Waals surface area (Å²) >= 11 is 0. The highest BCUT2D eigenvalue weighted by Gasteiger charge is 2.38. The first-order valence-electron chi connectivity index (χ1n) is 10.2. The van der Waals surface area contributed by atoms with Crippen molar-refractivity contribution in [3.63, 3.8) is 0 Å². The zero-order valence-corrected chi connectivity index (χ0v) is 15.9. The maximum atomic E-state index is 14.2. The molecular formula is C21H23F2N5O. The molecule has 1 aromatic heterocycles. The molecule has 0 radical (unpaired) electrons. The van der Waals surface area contributed by atoms with Crippen LogP contribution in [0, 0.1) is 17.6 Å². The second-order valence-electron chi connectivity index (χ2n) is 8.18. The van der Waals surface area contributed by atoms with Crippen molar-refractivity contribution < 1.29 is 13.9 Å². The van der Waals surface area contributed by atoms with Gasteiger partial charge in [0.1, 0.15) is 23.2 Å². The number of nitrogens with zero attached hydrogens (tertiary/aromatic N) is 3. The van der Waals surface area contributed by atoms with Gasteiger partial charge in [-0.15, -0.1) is 0 Å². The molecule has 29 heavy (non-hydrogen) atoms. The third-order valence-electron chi connectivity index (χ3n) is 5.95. The van der Waals surface area contributed by atoms with E-state index in [1.807, 2.05) is 0 Å². The normalized spacial score (nSPS) is 26.0. The molecule has 0 saturated heterocycles. The van der Waals surface area contributed by atoms with Gasteiger partial charge in [-0.05, 0) is 56.6 Å². The van der Waals surface area contributed by atoms with Crippen LogP contribution in [0.1, 0.15) is 50.1 Å². The standard InChI is InChI=1S/C21H23F2N5O/c22-12-3-8-16(15(23)9-12)26-20-18(11-1-6-14(29)7-2-11)19-17(27-20)10-24-21(28-19)25-13-4-5-13/h3,8-11,13-14,18,29H,1-2,4-7H2,(H,26,27)(H,24,25,28)/t11-,14+,18?. The molecular weight excluding hydrogens is 376 g/mol. The van der Waals surface area contributed by atoms with Gasteiger partial charge in [0.05, 0.1) is 29.6 Å². The number of aliphatic hydroxyl groups is 1. The fourth-order valence-electron chi connectivity index (χ4n) is 4.23. The molecule has 2 aromatic rings. The van der Waals surface area contributed by atoms with Crippen molar-refractivity contribution in [3.05, 3.63) is 41.7 Å². The van der Waals surface area contributed by atoms with E-state index in [0.29, 0.717) is 23.5 Å². The van der Waals surface area contributed by atoms with Crippen LogP contribution in [0.2, 0.25) is 0 Å². The predicted octanol–water partition coefficient (Wildman–Crippen LogP) is 4.12. The van der Waals surface area contributed by atoms with Gasteiger partial charge in [-0.3, -0.25) is 0 Å². The Kier molecular flexibility index (Phi) is 4.66. The highest BCUT2D eigenvalue weighted by atomic mass is 19.1. The minimum atomic E-state index is -0.663. The van der Waals surface area contributed by atoms with Crippen molar-refractivity contribution in [2.24, 2.45) is 10.9 Å². The number of amidine groups is 1. The van der Waals surface area contributed by atoms with Gasteiger partial charge < -0.3 is 15.7 Å². The Morgan fingerprint density at radius 2 is 1.83 bits per heavy atom. The second-order valence-corrected chi connectivity index (χ2v) is 8.18. The first-order valence-corrected chi connectivity index (χ1v) is 10.2. The lowest BCUT2D eigenvalue weighted by atomic mass is 9.77. The van der Waals surface area contributed by atoms with Crippen LogP contribution in [0.25, 0.3) is 0 Å². The zero-order chi connectivity index (χ0) is 20.0. The molecule has 6 nitrogen and oxygen atoms in total. The molecule has 1 aromatic carbocycles. The molecule has 3 aliphatic rings. The number of anilines is 2. The SMILES string of the molecule is O[C@H]1CC[C@@H](C2C(Nc3ccc(F)cc3F)=Nc3cnc(NC4CC4)nc32)CC1. The van der Waals surface area contributed by atoms with Crippen molar-refractivity contribution in [1.29, 1.82) is 0 Å². The van der Waals surface area contributed by atoms with Gasteiger partial charge in [0.2, 0.25) is 5.95 Å². The van der Waals surface area contributed by atoms with Crippen LogP contribution in [0.5, 0.6) is 0 Å². The Hall–Kier alpha value is -2.61. The number of hydrogen-bond acceptors (Lipinski definition) is 6. The largest absolute Gasteiger partial charge is 0.393 e. The molecule has 3 N–H and O–H groups in total. The molecule has 1 unspecified atom stereocenters. The van der Waals surface area contributed by atoms with Crippen LogP contribution in [-0.2, 0) is 0 Å². The van der Waals surface area contributed by atoms with E-state index in [1.165, 1.54) is 12.1 Å². The lowest BCUT2D eigenvalue weighted by Crippen LogP contribution is -2.30. The first kappa shape index (κ1) is 18.4. The Morgan fingerprint density at radius 3 is 2.55 bits per heavy atom. The van der Waals surface area contributed by atoms with Crippen LogP contribution < -0.4 is 10.6 Å².